The Morgan fingerprint density at radius 1 is 1.21 bits per heavy atom. The van der Waals surface area contributed by atoms with Gasteiger partial charge in [-0.05, 0) is 30.2 Å². The minimum absolute atomic E-state index is 0.110. The third-order valence-corrected chi connectivity index (χ3v) is 4.83. The molecular weight excluding hydrogens is 431 g/mol. The molecule has 0 atom stereocenters. The summed E-state index contributed by atoms with van der Waals surface area (Å²) in [4.78, 5) is 22.9. The summed E-state index contributed by atoms with van der Waals surface area (Å²) in [5, 5.41) is 22.1. The Balaban J connectivity index is 1.37. The number of aromatic nitrogens is 4. The minimum Gasteiger partial charge on any atom is -0.464 e. The van der Waals surface area contributed by atoms with Crippen molar-refractivity contribution in [3.8, 4) is 5.75 Å². The fraction of sp³-hybridized carbons (Fsp3) is 0.136. The quantitative estimate of drug-likeness (QED) is 0.323. The van der Waals surface area contributed by atoms with Gasteiger partial charge in [-0.2, -0.15) is 10.2 Å². The van der Waals surface area contributed by atoms with Crippen LogP contribution in [0.3, 0.4) is 0 Å². The Morgan fingerprint density at radius 3 is 2.82 bits per heavy atom. The molecule has 0 radical (unpaired) electrons. The number of hydrogen-bond acceptors (Lipinski definition) is 6. The molecule has 0 aliphatic rings. The number of halogens is 1. The van der Waals surface area contributed by atoms with Crippen LogP contribution < -0.4 is 10.1 Å². The molecule has 1 amide bonds. The van der Waals surface area contributed by atoms with Gasteiger partial charge in [0, 0.05) is 24.5 Å². The van der Waals surface area contributed by atoms with E-state index in [1.807, 2.05) is 31.2 Å². The first-order valence-corrected chi connectivity index (χ1v) is 9.87. The van der Waals surface area contributed by atoms with Crippen LogP contribution in [-0.4, -0.2) is 30.4 Å². The Bertz CT molecular complexity index is 1320. The molecule has 4 aromatic rings. The Morgan fingerprint density at radius 2 is 2.03 bits per heavy atom. The first kappa shape index (κ1) is 21.7. The number of rotatable bonds is 8. The zero-order valence-electron chi connectivity index (χ0n) is 17.5. The zero-order valence-corrected chi connectivity index (χ0v) is 17.5. The number of nitro groups is 1. The molecule has 33 heavy (non-hydrogen) atoms. The van der Waals surface area contributed by atoms with Gasteiger partial charge in [-0.1, -0.05) is 24.3 Å². The first-order valence-electron chi connectivity index (χ1n) is 9.87. The minimum atomic E-state index is -0.671. The van der Waals surface area contributed by atoms with Gasteiger partial charge in [0.05, 0.1) is 23.4 Å². The number of nitrogens with zero attached hydrogens (tertiary/aromatic N) is 5. The largest absolute Gasteiger partial charge is 0.464 e. The molecule has 168 valence electrons. The van der Waals surface area contributed by atoms with Gasteiger partial charge in [-0.3, -0.25) is 19.6 Å². The molecule has 2 heterocycles. The van der Waals surface area contributed by atoms with E-state index in [0.29, 0.717) is 12.2 Å². The number of carbonyl (C=O) groups is 1. The molecule has 2 aromatic carbocycles. The second kappa shape index (κ2) is 9.30. The summed E-state index contributed by atoms with van der Waals surface area (Å²) in [5.41, 5.74) is 2.52. The van der Waals surface area contributed by atoms with Gasteiger partial charge in [0.2, 0.25) is 5.75 Å². The maximum absolute atomic E-state index is 13.4. The van der Waals surface area contributed by atoms with Crippen molar-refractivity contribution in [3.05, 3.63) is 99.9 Å². The highest BCUT2D eigenvalue weighted by molar-refractivity contribution is 6.02. The monoisotopic (exact) mass is 450 g/mol. The van der Waals surface area contributed by atoms with Crippen LogP contribution in [0.2, 0.25) is 0 Å². The fourth-order valence-electron chi connectivity index (χ4n) is 3.12. The highest BCUT2D eigenvalue weighted by Gasteiger charge is 2.17. The molecule has 0 saturated heterocycles. The van der Waals surface area contributed by atoms with E-state index in [-0.39, 0.29) is 23.9 Å². The van der Waals surface area contributed by atoms with Gasteiger partial charge in [-0.15, -0.1) is 0 Å². The molecule has 0 fully saturated rings. The Kier molecular flexibility index (Phi) is 6.11. The number of ether oxygens (including phenoxy) is 1. The predicted molar refractivity (Wildman–Crippen MR) is 116 cm³/mol. The number of amides is 1. The van der Waals surface area contributed by atoms with Gasteiger partial charge >= 0.3 is 5.69 Å². The van der Waals surface area contributed by atoms with Crippen molar-refractivity contribution in [1.82, 2.24) is 19.6 Å². The highest BCUT2D eigenvalue weighted by Crippen LogP contribution is 2.27. The number of benzene rings is 2. The van der Waals surface area contributed by atoms with Crippen molar-refractivity contribution in [2.45, 2.75) is 20.2 Å². The summed E-state index contributed by atoms with van der Waals surface area (Å²) >= 11 is 0. The summed E-state index contributed by atoms with van der Waals surface area (Å²) in [6.45, 7) is 2.35. The normalized spacial score (nSPS) is 10.7. The topological polar surface area (TPSA) is 117 Å². The lowest BCUT2D eigenvalue weighted by atomic mass is 10.1. The van der Waals surface area contributed by atoms with Crippen LogP contribution in [-0.2, 0) is 13.3 Å². The average Bonchev–Trinajstić information content (AvgIpc) is 3.43. The maximum Gasteiger partial charge on any atom is 0.311 e. The Labute approximate surface area is 187 Å². The van der Waals surface area contributed by atoms with E-state index in [1.54, 1.807) is 17.1 Å². The lowest BCUT2D eigenvalue weighted by molar-refractivity contribution is -0.386. The molecule has 0 spiro atoms. The lowest BCUT2D eigenvalue weighted by Gasteiger charge is -2.07. The van der Waals surface area contributed by atoms with E-state index in [0.717, 1.165) is 29.3 Å². The summed E-state index contributed by atoms with van der Waals surface area (Å²) in [6.07, 6.45) is 4.73. The van der Waals surface area contributed by atoms with E-state index in [4.69, 9.17) is 4.74 Å². The van der Waals surface area contributed by atoms with E-state index in [2.05, 4.69) is 15.5 Å². The molecule has 0 aliphatic heterocycles. The van der Waals surface area contributed by atoms with Crippen LogP contribution in [0.1, 0.15) is 21.6 Å². The molecule has 0 unspecified atom stereocenters. The van der Waals surface area contributed by atoms with Crippen LogP contribution in [0.4, 0.5) is 15.8 Å². The molecule has 0 bridgehead atoms. The van der Waals surface area contributed by atoms with E-state index >= 15 is 0 Å². The highest BCUT2D eigenvalue weighted by atomic mass is 19.1. The van der Waals surface area contributed by atoms with Gasteiger partial charge in [0.25, 0.3) is 5.91 Å². The van der Waals surface area contributed by atoms with Crippen LogP contribution >= 0.6 is 0 Å². The van der Waals surface area contributed by atoms with Gasteiger partial charge in [0.15, 0.2) is 12.4 Å². The van der Waals surface area contributed by atoms with Crippen molar-refractivity contribution < 1.29 is 18.8 Å². The average molecular weight is 450 g/mol. The summed E-state index contributed by atoms with van der Waals surface area (Å²) in [6, 6.07) is 12.4. The van der Waals surface area contributed by atoms with Crippen LogP contribution in [0, 0.1) is 22.9 Å². The second-order valence-corrected chi connectivity index (χ2v) is 7.19. The van der Waals surface area contributed by atoms with Crippen molar-refractivity contribution in [2.24, 2.45) is 0 Å². The number of aryl methyl sites for hydroxylation is 1. The number of carbonyl (C=O) groups excluding carboxylic acids is 1. The van der Waals surface area contributed by atoms with Crippen LogP contribution in [0.15, 0.2) is 67.1 Å². The number of anilines is 1. The molecule has 0 saturated carbocycles. The predicted octanol–water partition coefficient (Wildman–Crippen LogP) is 3.77. The Hall–Kier alpha value is -4.54. The molecule has 10 nitrogen and oxygen atoms in total. The molecule has 11 heteroatoms. The summed E-state index contributed by atoms with van der Waals surface area (Å²) in [5.74, 6) is -1.36. The SMILES string of the molecule is Cc1ccccc1Cn1cc(NC(=O)c2ccn(COc3cc(F)ccc3[N+](=O)[O-])n2)cn1. The standard InChI is InChI=1S/C22H19FN6O4/c1-15-4-2-3-5-16(15)12-28-13-18(11-24-28)25-22(30)19-8-9-27(26-19)14-33-21-10-17(23)6-7-20(21)29(31)32/h2-11,13H,12,14H2,1H3,(H,25,30). The van der Waals surface area contributed by atoms with Crippen LogP contribution in [0.5, 0.6) is 5.75 Å². The van der Waals surface area contributed by atoms with Crippen molar-refractivity contribution in [2.75, 3.05) is 5.32 Å². The van der Waals surface area contributed by atoms with Crippen molar-refractivity contribution in [3.63, 3.8) is 0 Å². The second-order valence-electron chi connectivity index (χ2n) is 7.19. The number of nitro benzene ring substituents is 1. The third-order valence-electron chi connectivity index (χ3n) is 4.83. The van der Waals surface area contributed by atoms with Gasteiger partial charge < -0.3 is 10.1 Å². The molecular formula is C22H19FN6O4. The summed E-state index contributed by atoms with van der Waals surface area (Å²) < 4.78 is 21.7. The molecule has 1 N–H and O–H groups in total. The molecule has 4 rings (SSSR count). The van der Waals surface area contributed by atoms with Crippen LogP contribution in [0.25, 0.3) is 0 Å². The third kappa shape index (κ3) is 5.21. The van der Waals surface area contributed by atoms with E-state index in [9.17, 15) is 19.3 Å². The van der Waals surface area contributed by atoms with E-state index < -0.39 is 16.6 Å². The maximum atomic E-state index is 13.4. The summed E-state index contributed by atoms with van der Waals surface area (Å²) in [7, 11) is 0. The van der Waals surface area contributed by atoms with Crippen molar-refractivity contribution in [1.29, 1.82) is 0 Å². The number of nitrogens with one attached hydrogen (secondary N) is 1. The first-order chi connectivity index (χ1) is 15.9. The fourth-order valence-corrected chi connectivity index (χ4v) is 3.12. The molecule has 0 aliphatic carbocycles. The lowest BCUT2D eigenvalue weighted by Crippen LogP contribution is -2.14. The smallest absolute Gasteiger partial charge is 0.311 e. The molecule has 2 aromatic heterocycles. The van der Waals surface area contributed by atoms with Gasteiger partial charge in [0.1, 0.15) is 5.82 Å². The zero-order chi connectivity index (χ0) is 23.4. The van der Waals surface area contributed by atoms with E-state index in [1.165, 1.54) is 16.9 Å². The van der Waals surface area contributed by atoms with Gasteiger partial charge in [-0.25, -0.2) is 9.07 Å². The van der Waals surface area contributed by atoms with Crippen molar-refractivity contribution >= 4 is 17.3 Å². The number of hydrogen-bond donors (Lipinski definition) is 1.